The van der Waals surface area contributed by atoms with E-state index < -0.39 is 24.0 Å². The van der Waals surface area contributed by atoms with Crippen LogP contribution < -0.4 is 17.0 Å². The van der Waals surface area contributed by atoms with Gasteiger partial charge in [0.05, 0.1) is 0 Å². The van der Waals surface area contributed by atoms with Crippen LogP contribution in [0.2, 0.25) is 0 Å². The van der Waals surface area contributed by atoms with Gasteiger partial charge in [-0.1, -0.05) is 0 Å². The van der Waals surface area contributed by atoms with E-state index in [-0.39, 0.29) is 32.7 Å². The molecule has 1 rings (SSSR count). The highest BCUT2D eigenvalue weighted by Crippen LogP contribution is 2.14. The molecular weight excluding hydrogens is 279 g/mol. The average molecular weight is 295 g/mol. The average Bonchev–Trinajstić information content (AvgIpc) is 2.35. The highest BCUT2D eigenvalue weighted by atomic mass is 19.4. The first-order valence-corrected chi connectivity index (χ1v) is 6.00. The van der Waals surface area contributed by atoms with Crippen LogP contribution in [0.5, 0.6) is 0 Å². The summed E-state index contributed by atoms with van der Waals surface area (Å²) in [5.41, 5.74) is 4.31. The Morgan fingerprint density at radius 3 is 2.55 bits per heavy atom. The first-order valence-electron chi connectivity index (χ1n) is 6.00. The fourth-order valence-corrected chi connectivity index (χ4v) is 1.59. The van der Waals surface area contributed by atoms with Crippen LogP contribution in [0.15, 0.2) is 21.9 Å². The van der Waals surface area contributed by atoms with Crippen molar-refractivity contribution in [1.29, 1.82) is 0 Å². The molecule has 0 aliphatic carbocycles. The maximum atomic E-state index is 11.9. The van der Waals surface area contributed by atoms with Crippen LogP contribution in [-0.4, -0.2) is 35.1 Å². The van der Waals surface area contributed by atoms with Gasteiger partial charge >= 0.3 is 11.9 Å². The zero-order chi connectivity index (χ0) is 15.2. The van der Waals surface area contributed by atoms with Crippen molar-refractivity contribution in [3.05, 3.63) is 33.1 Å². The van der Waals surface area contributed by atoms with E-state index in [9.17, 15) is 22.8 Å². The number of ether oxygens (including phenoxy) is 1. The standard InChI is InChI=1S/C11H16F3N3O3/c12-11(13,14)8-20-7-1-4-16-5-2-9(18)17(6-3-15)10(16)19/h2,5H,1,3-4,6-8,15H2. The second kappa shape index (κ2) is 7.25. The van der Waals surface area contributed by atoms with Gasteiger partial charge in [-0.2, -0.15) is 13.2 Å². The van der Waals surface area contributed by atoms with Crippen LogP contribution in [0.3, 0.4) is 0 Å². The van der Waals surface area contributed by atoms with Crippen LogP contribution in [0.25, 0.3) is 0 Å². The Bertz CT molecular complexity index is 536. The largest absolute Gasteiger partial charge is 0.411 e. The SMILES string of the molecule is NCCn1c(=O)ccn(CCCOCC(F)(F)F)c1=O. The van der Waals surface area contributed by atoms with Crippen molar-refractivity contribution in [3.63, 3.8) is 0 Å². The Hall–Kier alpha value is -1.61. The monoisotopic (exact) mass is 295 g/mol. The van der Waals surface area contributed by atoms with E-state index in [1.165, 1.54) is 16.8 Å². The van der Waals surface area contributed by atoms with Gasteiger partial charge < -0.3 is 15.0 Å². The van der Waals surface area contributed by atoms with E-state index in [0.29, 0.717) is 0 Å². The predicted octanol–water partition coefficient (Wildman–Crippen LogP) is -0.0623. The summed E-state index contributed by atoms with van der Waals surface area (Å²) in [4.78, 5) is 23.3. The maximum Gasteiger partial charge on any atom is 0.411 e. The van der Waals surface area contributed by atoms with Gasteiger partial charge in [-0.15, -0.1) is 0 Å². The van der Waals surface area contributed by atoms with Gasteiger partial charge in [-0.3, -0.25) is 9.36 Å². The number of hydrogen-bond donors (Lipinski definition) is 1. The first kappa shape index (κ1) is 16.4. The molecule has 2 N–H and O–H groups in total. The minimum Gasteiger partial charge on any atom is -0.372 e. The van der Waals surface area contributed by atoms with E-state index in [1.54, 1.807) is 0 Å². The summed E-state index contributed by atoms with van der Waals surface area (Å²) in [6.07, 6.45) is -2.82. The number of aromatic nitrogens is 2. The van der Waals surface area contributed by atoms with Crippen LogP contribution >= 0.6 is 0 Å². The van der Waals surface area contributed by atoms with E-state index in [0.717, 1.165) is 4.57 Å². The molecule has 0 saturated heterocycles. The molecule has 0 aliphatic heterocycles. The Morgan fingerprint density at radius 1 is 1.25 bits per heavy atom. The molecule has 114 valence electrons. The topological polar surface area (TPSA) is 79.2 Å². The van der Waals surface area contributed by atoms with Crippen LogP contribution in [0.4, 0.5) is 13.2 Å². The summed E-state index contributed by atoms with van der Waals surface area (Å²) < 4.78 is 42.1. The molecule has 0 saturated carbocycles. The molecule has 0 unspecified atom stereocenters. The lowest BCUT2D eigenvalue weighted by atomic mass is 10.4. The number of alkyl halides is 3. The third-order valence-electron chi connectivity index (χ3n) is 2.45. The molecule has 0 aliphatic rings. The molecule has 0 fully saturated rings. The fourth-order valence-electron chi connectivity index (χ4n) is 1.59. The second-order valence-electron chi connectivity index (χ2n) is 4.09. The first-order chi connectivity index (χ1) is 9.35. The molecule has 0 amide bonds. The van der Waals surface area contributed by atoms with Crippen molar-refractivity contribution in [3.8, 4) is 0 Å². The zero-order valence-corrected chi connectivity index (χ0v) is 10.7. The molecule has 0 atom stereocenters. The fraction of sp³-hybridized carbons (Fsp3) is 0.636. The van der Waals surface area contributed by atoms with Gasteiger partial charge in [0.1, 0.15) is 6.61 Å². The lowest BCUT2D eigenvalue weighted by molar-refractivity contribution is -0.174. The van der Waals surface area contributed by atoms with E-state index >= 15 is 0 Å². The second-order valence-corrected chi connectivity index (χ2v) is 4.09. The summed E-state index contributed by atoms with van der Waals surface area (Å²) in [5.74, 6) is 0. The molecular formula is C11H16F3N3O3. The Balaban J connectivity index is 2.55. The van der Waals surface area contributed by atoms with Crippen molar-refractivity contribution in [2.45, 2.75) is 25.7 Å². The number of nitrogens with two attached hydrogens (primary N) is 1. The lowest BCUT2D eigenvalue weighted by Crippen LogP contribution is -2.40. The Kier molecular flexibility index (Phi) is 5.96. The molecule has 0 radical (unpaired) electrons. The molecule has 1 heterocycles. The molecule has 9 heteroatoms. The molecule has 6 nitrogen and oxygen atoms in total. The van der Waals surface area contributed by atoms with E-state index in [4.69, 9.17) is 5.73 Å². The van der Waals surface area contributed by atoms with Crippen molar-refractivity contribution in [2.24, 2.45) is 5.73 Å². The number of rotatable bonds is 7. The third-order valence-corrected chi connectivity index (χ3v) is 2.45. The quantitative estimate of drug-likeness (QED) is 0.715. The highest BCUT2D eigenvalue weighted by molar-refractivity contribution is 4.86. The van der Waals surface area contributed by atoms with Gasteiger partial charge in [-0.25, -0.2) is 4.79 Å². The molecule has 1 aromatic rings. The minimum absolute atomic E-state index is 0.100. The molecule has 1 aromatic heterocycles. The minimum atomic E-state index is -4.36. The number of hydrogen-bond acceptors (Lipinski definition) is 4. The van der Waals surface area contributed by atoms with Crippen molar-refractivity contribution in [2.75, 3.05) is 19.8 Å². The van der Waals surface area contributed by atoms with Gasteiger partial charge in [0.25, 0.3) is 5.56 Å². The van der Waals surface area contributed by atoms with Crippen LogP contribution in [0, 0.1) is 0 Å². The van der Waals surface area contributed by atoms with Crippen LogP contribution in [-0.2, 0) is 17.8 Å². The Labute approximate surface area is 112 Å². The summed E-state index contributed by atoms with van der Waals surface area (Å²) in [6, 6.07) is 1.22. The van der Waals surface area contributed by atoms with Gasteiger partial charge in [-0.05, 0) is 6.42 Å². The van der Waals surface area contributed by atoms with E-state index in [2.05, 4.69) is 4.74 Å². The molecule has 0 spiro atoms. The van der Waals surface area contributed by atoms with Crippen molar-refractivity contribution < 1.29 is 17.9 Å². The summed E-state index contributed by atoms with van der Waals surface area (Å²) >= 11 is 0. The number of aryl methyl sites for hydroxylation is 1. The number of nitrogens with zero attached hydrogens (tertiary/aromatic N) is 2. The normalized spacial score (nSPS) is 11.8. The lowest BCUT2D eigenvalue weighted by Gasteiger charge is -2.10. The number of halogens is 3. The third kappa shape index (κ3) is 5.17. The van der Waals surface area contributed by atoms with Crippen LogP contribution in [0.1, 0.15) is 6.42 Å². The summed E-state index contributed by atoms with van der Waals surface area (Å²) in [5, 5.41) is 0. The predicted molar refractivity (Wildman–Crippen MR) is 65.5 cm³/mol. The smallest absolute Gasteiger partial charge is 0.372 e. The maximum absolute atomic E-state index is 11.9. The van der Waals surface area contributed by atoms with Gasteiger partial charge in [0.2, 0.25) is 0 Å². The van der Waals surface area contributed by atoms with Crippen molar-refractivity contribution >= 4 is 0 Å². The molecule has 0 aromatic carbocycles. The molecule has 20 heavy (non-hydrogen) atoms. The molecule has 0 bridgehead atoms. The summed E-state index contributed by atoms with van der Waals surface area (Å²) in [6.45, 7) is -1.02. The van der Waals surface area contributed by atoms with Gasteiger partial charge in [0.15, 0.2) is 0 Å². The van der Waals surface area contributed by atoms with E-state index in [1.807, 2.05) is 0 Å². The van der Waals surface area contributed by atoms with Gasteiger partial charge in [0, 0.05) is 38.5 Å². The summed E-state index contributed by atoms with van der Waals surface area (Å²) in [7, 11) is 0. The highest BCUT2D eigenvalue weighted by Gasteiger charge is 2.27. The van der Waals surface area contributed by atoms with Crippen molar-refractivity contribution in [1.82, 2.24) is 9.13 Å². The Morgan fingerprint density at radius 2 is 1.95 bits per heavy atom. The zero-order valence-electron chi connectivity index (χ0n) is 10.7.